The molecule has 2 amide bonds. The summed E-state index contributed by atoms with van der Waals surface area (Å²) < 4.78 is 5.74. The lowest BCUT2D eigenvalue weighted by Crippen LogP contribution is -2.30. The third-order valence-corrected chi connectivity index (χ3v) is 10.1. The van der Waals surface area contributed by atoms with Crippen molar-refractivity contribution in [3.8, 4) is 10.4 Å². The van der Waals surface area contributed by atoms with Crippen LogP contribution in [0.25, 0.3) is 21.3 Å². The topological polar surface area (TPSA) is 83.2 Å². The molecule has 4 aromatic rings. The molecule has 204 valence electrons. The number of carbonyl (C=O) groups is 2. The molecule has 1 aromatic carbocycles. The van der Waals surface area contributed by atoms with Gasteiger partial charge in [-0.05, 0) is 112 Å². The Labute approximate surface area is 237 Å². The second-order valence-corrected chi connectivity index (χ2v) is 13.7. The van der Waals surface area contributed by atoms with E-state index in [2.05, 4.69) is 39.9 Å². The van der Waals surface area contributed by atoms with Crippen LogP contribution < -0.4 is 10.6 Å². The monoisotopic (exact) mass is 561 g/mol. The Morgan fingerprint density at radius 2 is 1.67 bits per heavy atom. The Kier molecular flexibility index (Phi) is 7.02. The van der Waals surface area contributed by atoms with Gasteiger partial charge in [0.15, 0.2) is 0 Å². The van der Waals surface area contributed by atoms with Crippen molar-refractivity contribution in [2.45, 2.75) is 84.3 Å². The van der Waals surface area contributed by atoms with Gasteiger partial charge in [0.1, 0.15) is 10.6 Å². The van der Waals surface area contributed by atoms with Crippen LogP contribution in [0.3, 0.4) is 0 Å². The van der Waals surface area contributed by atoms with Crippen molar-refractivity contribution >= 4 is 50.6 Å². The molecule has 0 radical (unpaired) electrons. The lowest BCUT2D eigenvalue weighted by molar-refractivity contribution is 0.00699. The number of H-pyrrole nitrogens is 1. The maximum Gasteiger partial charge on any atom is 0.341 e. The van der Waals surface area contributed by atoms with Crippen molar-refractivity contribution in [2.75, 3.05) is 5.32 Å². The molecule has 0 saturated heterocycles. The van der Waals surface area contributed by atoms with Gasteiger partial charge in [-0.2, -0.15) is 0 Å². The smallest absolute Gasteiger partial charge is 0.341 e. The number of nitrogens with one attached hydrogen (secondary N) is 3. The lowest BCUT2D eigenvalue weighted by atomic mass is 9.93. The summed E-state index contributed by atoms with van der Waals surface area (Å²) in [6.45, 7) is 6.06. The fourth-order valence-corrected chi connectivity index (χ4v) is 8.43. The number of hydrogen-bond donors (Lipinski definition) is 3. The minimum atomic E-state index is -0.600. The summed E-state index contributed by atoms with van der Waals surface area (Å²) >= 11 is 3.39. The average molecular weight is 562 g/mol. The highest BCUT2D eigenvalue weighted by Crippen LogP contribution is 2.42. The van der Waals surface area contributed by atoms with Crippen molar-refractivity contribution in [2.24, 2.45) is 0 Å². The highest BCUT2D eigenvalue weighted by Gasteiger charge is 2.30. The number of urea groups is 1. The van der Waals surface area contributed by atoms with Gasteiger partial charge in [-0.15, -0.1) is 22.7 Å². The van der Waals surface area contributed by atoms with Crippen molar-refractivity contribution in [3.63, 3.8) is 0 Å². The van der Waals surface area contributed by atoms with Crippen LogP contribution in [0.15, 0.2) is 30.5 Å². The summed E-state index contributed by atoms with van der Waals surface area (Å²) in [6.07, 6.45) is 10.4. The van der Waals surface area contributed by atoms with Crippen molar-refractivity contribution in [3.05, 3.63) is 62.5 Å². The van der Waals surface area contributed by atoms with Gasteiger partial charge in [-0.1, -0.05) is 12.1 Å². The molecule has 3 aromatic heterocycles. The maximum atomic E-state index is 13.3. The Morgan fingerprint density at radius 1 is 0.949 bits per heavy atom. The average Bonchev–Trinajstić information content (AvgIpc) is 3.60. The predicted molar refractivity (Wildman–Crippen MR) is 160 cm³/mol. The summed E-state index contributed by atoms with van der Waals surface area (Å²) in [5.74, 6) is -0.355. The molecule has 3 heterocycles. The Bertz CT molecular complexity index is 1550. The van der Waals surface area contributed by atoms with E-state index in [4.69, 9.17) is 4.74 Å². The maximum absolute atomic E-state index is 13.3. The van der Waals surface area contributed by atoms with Crippen LogP contribution in [0.4, 0.5) is 9.80 Å². The first-order valence-electron chi connectivity index (χ1n) is 13.9. The molecule has 0 saturated carbocycles. The van der Waals surface area contributed by atoms with Gasteiger partial charge in [0.25, 0.3) is 0 Å². The largest absolute Gasteiger partial charge is 0.456 e. The summed E-state index contributed by atoms with van der Waals surface area (Å²) in [6, 6.07) is 8.33. The molecule has 0 unspecified atom stereocenters. The molecule has 6 nitrogen and oxygen atoms in total. The van der Waals surface area contributed by atoms with Gasteiger partial charge < -0.3 is 15.0 Å². The summed E-state index contributed by atoms with van der Waals surface area (Å²) in [4.78, 5) is 33.6. The zero-order chi connectivity index (χ0) is 27.1. The van der Waals surface area contributed by atoms with Gasteiger partial charge in [0, 0.05) is 32.9 Å². The van der Waals surface area contributed by atoms with Gasteiger partial charge in [-0.3, -0.25) is 5.32 Å². The highest BCUT2D eigenvalue weighted by atomic mass is 32.1. The standard InChI is InChI=1S/C31H35N3O3S2/c1-31(2,3)37-29(35)26-21-9-5-7-11-25(21)39-28(26)34-30(36)33-17-22-20-8-4-6-10-24(20)38-27(22)19-13-12-18-14-15-32-23(18)16-19/h12-16,32H,4-11,17H2,1-3H3,(H2,33,34,36). The first-order valence-corrected chi connectivity index (χ1v) is 15.5. The van der Waals surface area contributed by atoms with E-state index >= 15 is 0 Å². The molecule has 0 aliphatic heterocycles. The van der Waals surface area contributed by atoms with Crippen LogP contribution in [-0.2, 0) is 37.0 Å². The van der Waals surface area contributed by atoms with E-state index in [9.17, 15) is 9.59 Å². The number of aryl methyl sites for hydroxylation is 2. The van der Waals surface area contributed by atoms with E-state index in [1.165, 1.54) is 60.9 Å². The molecular weight excluding hydrogens is 526 g/mol. The number of benzene rings is 1. The van der Waals surface area contributed by atoms with Crippen molar-refractivity contribution < 1.29 is 14.3 Å². The minimum Gasteiger partial charge on any atom is -0.456 e. The fraction of sp³-hybridized carbons (Fsp3) is 0.419. The van der Waals surface area contributed by atoms with Crippen LogP contribution in [0.1, 0.15) is 83.3 Å². The van der Waals surface area contributed by atoms with Gasteiger partial charge in [-0.25, -0.2) is 9.59 Å². The van der Waals surface area contributed by atoms with Gasteiger partial charge in [0.2, 0.25) is 0 Å². The third-order valence-electron chi connectivity index (χ3n) is 7.53. The Hall–Kier alpha value is -3.10. The molecule has 0 fully saturated rings. The van der Waals surface area contributed by atoms with Crippen molar-refractivity contribution in [1.29, 1.82) is 0 Å². The third kappa shape index (κ3) is 5.37. The minimum absolute atomic E-state index is 0.292. The highest BCUT2D eigenvalue weighted by molar-refractivity contribution is 7.17. The van der Waals surface area contributed by atoms with E-state index < -0.39 is 5.60 Å². The van der Waals surface area contributed by atoms with Crippen LogP contribution in [0.5, 0.6) is 0 Å². The summed E-state index contributed by atoms with van der Waals surface area (Å²) in [5, 5.41) is 7.94. The number of esters is 1. The number of amides is 2. The molecule has 0 atom stereocenters. The molecule has 0 spiro atoms. The second-order valence-electron chi connectivity index (χ2n) is 11.5. The van der Waals surface area contributed by atoms with Crippen LogP contribution in [0.2, 0.25) is 0 Å². The second kappa shape index (κ2) is 10.5. The molecule has 2 aliphatic rings. The molecule has 2 aliphatic carbocycles. The normalized spacial score (nSPS) is 15.1. The molecule has 8 heteroatoms. The number of hydrogen-bond acceptors (Lipinski definition) is 5. The van der Waals surface area contributed by atoms with E-state index in [0.717, 1.165) is 49.6 Å². The molecule has 0 bridgehead atoms. The predicted octanol–water partition coefficient (Wildman–Crippen LogP) is 7.99. The van der Waals surface area contributed by atoms with E-state index in [-0.39, 0.29) is 12.0 Å². The Morgan fingerprint density at radius 3 is 2.44 bits per heavy atom. The van der Waals surface area contributed by atoms with Crippen LogP contribution >= 0.6 is 22.7 Å². The van der Waals surface area contributed by atoms with Crippen LogP contribution in [-0.4, -0.2) is 22.6 Å². The quantitative estimate of drug-likeness (QED) is 0.216. The SMILES string of the molecule is CC(C)(C)OC(=O)c1c(NC(=O)NCc2c(-c3ccc4cc[nH]c4c3)sc3c2CCCC3)sc2c1CCCC2. The number of aromatic amines is 1. The van der Waals surface area contributed by atoms with Gasteiger partial charge >= 0.3 is 12.0 Å². The lowest BCUT2D eigenvalue weighted by Gasteiger charge is -2.21. The molecular formula is C31H35N3O3S2. The van der Waals surface area contributed by atoms with E-state index in [1.807, 2.05) is 38.3 Å². The number of anilines is 1. The number of rotatable bonds is 5. The van der Waals surface area contributed by atoms with Crippen LogP contribution in [0, 0.1) is 0 Å². The zero-order valence-electron chi connectivity index (χ0n) is 22.8. The molecule has 39 heavy (non-hydrogen) atoms. The van der Waals surface area contributed by atoms with Gasteiger partial charge in [0.05, 0.1) is 5.56 Å². The molecule has 6 rings (SSSR count). The number of fused-ring (bicyclic) bond motifs is 3. The first kappa shape index (κ1) is 26.1. The molecule has 3 N–H and O–H groups in total. The number of ether oxygens (including phenoxy) is 1. The number of thiophene rings is 2. The number of carbonyl (C=O) groups excluding carboxylic acids is 2. The van der Waals surface area contributed by atoms with Crippen molar-refractivity contribution in [1.82, 2.24) is 10.3 Å². The van der Waals surface area contributed by atoms with E-state index in [1.54, 1.807) is 0 Å². The Balaban J connectivity index is 1.25. The first-order chi connectivity index (χ1) is 18.8. The number of aromatic nitrogens is 1. The fourth-order valence-electron chi connectivity index (χ4n) is 5.76. The summed E-state index contributed by atoms with van der Waals surface area (Å²) in [7, 11) is 0. The zero-order valence-corrected chi connectivity index (χ0v) is 24.4. The summed E-state index contributed by atoms with van der Waals surface area (Å²) in [5.41, 5.74) is 5.89. The van der Waals surface area contributed by atoms with E-state index in [0.29, 0.717) is 17.1 Å².